The maximum atomic E-state index is 11.8. The molecule has 2 N–H and O–H groups in total. The van der Waals surface area contributed by atoms with Gasteiger partial charge in [-0.3, -0.25) is 9.59 Å². The molecule has 0 heterocycles. The number of alkyl halides is 1. The highest BCUT2D eigenvalue weighted by molar-refractivity contribution is 9.10. The predicted octanol–water partition coefficient (Wildman–Crippen LogP) is 3.82. The molecule has 0 aliphatic rings. The Labute approximate surface area is 141 Å². The zero-order valence-corrected chi connectivity index (χ0v) is 15.3. The van der Waals surface area contributed by atoms with E-state index in [1.807, 2.05) is 24.3 Å². The van der Waals surface area contributed by atoms with Crippen LogP contribution in [-0.4, -0.2) is 22.7 Å². The molecule has 0 radical (unpaired) electrons. The quantitative estimate of drug-likeness (QED) is 0.718. The highest BCUT2D eigenvalue weighted by atomic mass is 79.9. The first kappa shape index (κ1) is 18.7. The largest absolute Gasteiger partial charge is 0.354 e. The molecule has 5 heteroatoms. The van der Waals surface area contributed by atoms with E-state index in [2.05, 4.69) is 40.4 Å². The van der Waals surface area contributed by atoms with Gasteiger partial charge in [-0.1, -0.05) is 41.9 Å². The first-order chi connectivity index (χ1) is 10.2. The molecule has 4 nitrogen and oxygen atoms in total. The maximum Gasteiger partial charge on any atom is 0.236 e. The van der Waals surface area contributed by atoms with Crippen molar-refractivity contribution in [1.29, 1.82) is 0 Å². The van der Waals surface area contributed by atoms with Crippen molar-refractivity contribution in [1.82, 2.24) is 5.32 Å². The number of amides is 2. The molecule has 1 atom stereocenters. The lowest BCUT2D eigenvalue weighted by molar-refractivity contribution is -0.122. The normalized spacial score (nSPS) is 12.6. The SMILES string of the molecule is CCC(C)c1ccc(NC(=O)CCNC(=O)C(C)(C)Br)cc1. The highest BCUT2D eigenvalue weighted by Crippen LogP contribution is 2.20. The highest BCUT2D eigenvalue weighted by Gasteiger charge is 2.22. The van der Waals surface area contributed by atoms with E-state index in [-0.39, 0.29) is 18.2 Å². The van der Waals surface area contributed by atoms with Gasteiger partial charge in [-0.05, 0) is 43.9 Å². The van der Waals surface area contributed by atoms with Crippen LogP contribution in [0.1, 0.15) is 52.0 Å². The number of halogens is 1. The number of anilines is 1. The van der Waals surface area contributed by atoms with Gasteiger partial charge in [-0.2, -0.15) is 0 Å². The van der Waals surface area contributed by atoms with Crippen molar-refractivity contribution in [3.05, 3.63) is 29.8 Å². The lowest BCUT2D eigenvalue weighted by atomic mass is 9.99. The molecule has 2 amide bonds. The second-order valence-corrected chi connectivity index (χ2v) is 7.94. The molecular formula is C17H25BrN2O2. The molecule has 1 unspecified atom stereocenters. The summed E-state index contributed by atoms with van der Waals surface area (Å²) in [4.78, 5) is 23.5. The fraction of sp³-hybridized carbons (Fsp3) is 0.529. The van der Waals surface area contributed by atoms with E-state index in [4.69, 9.17) is 0 Å². The van der Waals surface area contributed by atoms with Crippen molar-refractivity contribution < 1.29 is 9.59 Å². The standard InChI is InChI=1S/C17H25BrN2O2/c1-5-12(2)13-6-8-14(9-7-13)20-15(21)10-11-19-16(22)17(3,4)18/h6-9,12H,5,10-11H2,1-4H3,(H,19,22)(H,20,21). The summed E-state index contributed by atoms with van der Waals surface area (Å²) >= 11 is 3.28. The minimum atomic E-state index is -0.616. The smallest absolute Gasteiger partial charge is 0.236 e. The molecule has 1 rings (SSSR count). The third kappa shape index (κ3) is 6.18. The van der Waals surface area contributed by atoms with Crippen LogP contribution in [0.2, 0.25) is 0 Å². The van der Waals surface area contributed by atoms with Crippen LogP contribution in [0.25, 0.3) is 0 Å². The van der Waals surface area contributed by atoms with Gasteiger partial charge < -0.3 is 10.6 Å². The molecule has 122 valence electrons. The third-order valence-corrected chi connectivity index (χ3v) is 3.91. The number of nitrogens with one attached hydrogen (secondary N) is 2. The zero-order chi connectivity index (χ0) is 16.8. The van der Waals surface area contributed by atoms with Gasteiger partial charge in [-0.25, -0.2) is 0 Å². The maximum absolute atomic E-state index is 11.8. The van der Waals surface area contributed by atoms with E-state index in [0.29, 0.717) is 12.5 Å². The van der Waals surface area contributed by atoms with Crippen LogP contribution >= 0.6 is 15.9 Å². The summed E-state index contributed by atoms with van der Waals surface area (Å²) in [6, 6.07) is 7.91. The van der Waals surface area contributed by atoms with Crippen molar-refractivity contribution in [2.75, 3.05) is 11.9 Å². The summed E-state index contributed by atoms with van der Waals surface area (Å²) in [5.74, 6) is 0.287. The summed E-state index contributed by atoms with van der Waals surface area (Å²) in [5, 5.41) is 5.56. The average Bonchev–Trinajstić information content (AvgIpc) is 2.46. The molecular weight excluding hydrogens is 344 g/mol. The molecule has 0 fully saturated rings. The molecule has 0 spiro atoms. The van der Waals surface area contributed by atoms with Gasteiger partial charge in [0.05, 0.1) is 4.32 Å². The van der Waals surface area contributed by atoms with Gasteiger partial charge in [0.2, 0.25) is 11.8 Å². The van der Waals surface area contributed by atoms with E-state index in [0.717, 1.165) is 12.1 Å². The molecule has 22 heavy (non-hydrogen) atoms. The predicted molar refractivity (Wildman–Crippen MR) is 94.4 cm³/mol. The Morgan fingerprint density at radius 3 is 2.32 bits per heavy atom. The lowest BCUT2D eigenvalue weighted by Gasteiger charge is -2.15. The van der Waals surface area contributed by atoms with Gasteiger partial charge in [0.1, 0.15) is 0 Å². The third-order valence-electron chi connectivity index (χ3n) is 3.55. The second kappa shape index (κ2) is 8.32. The van der Waals surface area contributed by atoms with Gasteiger partial charge in [0, 0.05) is 18.7 Å². The minimum Gasteiger partial charge on any atom is -0.354 e. The first-order valence-corrected chi connectivity index (χ1v) is 8.40. The van der Waals surface area contributed by atoms with Crippen molar-refractivity contribution in [2.45, 2.75) is 50.8 Å². The molecule has 0 aromatic heterocycles. The van der Waals surface area contributed by atoms with Crippen molar-refractivity contribution in [3.63, 3.8) is 0 Å². The molecule has 1 aromatic carbocycles. The van der Waals surface area contributed by atoms with Crippen LogP contribution in [-0.2, 0) is 9.59 Å². The molecule has 0 saturated heterocycles. The Balaban J connectivity index is 2.41. The van der Waals surface area contributed by atoms with Crippen LogP contribution in [0, 0.1) is 0 Å². The summed E-state index contributed by atoms with van der Waals surface area (Å²) < 4.78 is -0.616. The van der Waals surface area contributed by atoms with E-state index in [1.54, 1.807) is 13.8 Å². The van der Waals surface area contributed by atoms with Crippen LogP contribution in [0.3, 0.4) is 0 Å². The molecule has 0 saturated carbocycles. The molecule has 0 aliphatic heterocycles. The van der Waals surface area contributed by atoms with E-state index >= 15 is 0 Å². The lowest BCUT2D eigenvalue weighted by Crippen LogP contribution is -2.38. The van der Waals surface area contributed by atoms with Crippen molar-refractivity contribution >= 4 is 33.4 Å². The number of rotatable bonds is 7. The molecule has 0 aliphatic carbocycles. The van der Waals surface area contributed by atoms with Gasteiger partial charge in [0.15, 0.2) is 0 Å². The van der Waals surface area contributed by atoms with Gasteiger partial charge >= 0.3 is 0 Å². The second-order valence-electron chi connectivity index (χ2n) is 5.96. The number of carbonyl (C=O) groups is 2. The zero-order valence-electron chi connectivity index (χ0n) is 13.7. The summed E-state index contributed by atoms with van der Waals surface area (Å²) in [5.41, 5.74) is 2.05. The molecule has 1 aromatic rings. The monoisotopic (exact) mass is 368 g/mol. The summed E-state index contributed by atoms with van der Waals surface area (Å²) in [7, 11) is 0. The van der Waals surface area contributed by atoms with E-state index in [1.165, 1.54) is 5.56 Å². The first-order valence-electron chi connectivity index (χ1n) is 7.61. The van der Waals surface area contributed by atoms with Crippen LogP contribution in [0.15, 0.2) is 24.3 Å². The fourth-order valence-corrected chi connectivity index (χ4v) is 1.99. The summed E-state index contributed by atoms with van der Waals surface area (Å²) in [6.07, 6.45) is 1.34. The Morgan fingerprint density at radius 2 is 1.82 bits per heavy atom. The van der Waals surface area contributed by atoms with Crippen LogP contribution in [0.4, 0.5) is 5.69 Å². The van der Waals surface area contributed by atoms with Crippen LogP contribution in [0.5, 0.6) is 0 Å². The van der Waals surface area contributed by atoms with Gasteiger partial charge in [0.25, 0.3) is 0 Å². The Bertz CT molecular complexity index is 506. The number of benzene rings is 1. The molecule has 0 bridgehead atoms. The van der Waals surface area contributed by atoms with Crippen LogP contribution < -0.4 is 10.6 Å². The fourth-order valence-electron chi connectivity index (χ4n) is 1.85. The van der Waals surface area contributed by atoms with E-state index < -0.39 is 4.32 Å². The average molecular weight is 369 g/mol. The van der Waals surface area contributed by atoms with Crippen molar-refractivity contribution in [3.8, 4) is 0 Å². The number of hydrogen-bond donors (Lipinski definition) is 2. The van der Waals surface area contributed by atoms with Gasteiger partial charge in [-0.15, -0.1) is 0 Å². The number of carbonyl (C=O) groups excluding carboxylic acids is 2. The number of hydrogen-bond acceptors (Lipinski definition) is 2. The van der Waals surface area contributed by atoms with E-state index in [9.17, 15) is 9.59 Å². The minimum absolute atomic E-state index is 0.107. The Morgan fingerprint density at radius 1 is 1.23 bits per heavy atom. The van der Waals surface area contributed by atoms with Crippen molar-refractivity contribution in [2.24, 2.45) is 0 Å². The Kier molecular flexibility index (Phi) is 7.07. The summed E-state index contributed by atoms with van der Waals surface area (Å²) in [6.45, 7) is 8.19. The Hall–Kier alpha value is -1.36. The topological polar surface area (TPSA) is 58.2 Å².